The molecule has 4 rings (SSSR count). The molecule has 1 amide bonds. The standard InChI is InChI=1S/C22H23FN2O/c1-15-2-9-20(10-5-16-3-7-19(23)8-4-16)25(15)22(26)18-6-11-21-17(14-18)12-13-24-21/h3-4,6-8,11-15,20,24H,2,5,9-10H2,1H3/t15-,20-/m1/s1. The molecule has 0 bridgehead atoms. The number of hydrogen-bond donors (Lipinski definition) is 1. The van der Waals surface area contributed by atoms with Gasteiger partial charge in [-0.15, -0.1) is 0 Å². The van der Waals surface area contributed by atoms with E-state index in [0.29, 0.717) is 0 Å². The first-order valence-electron chi connectivity index (χ1n) is 9.26. The second kappa shape index (κ2) is 6.94. The molecule has 3 nitrogen and oxygen atoms in total. The third kappa shape index (κ3) is 3.24. The first-order valence-corrected chi connectivity index (χ1v) is 9.26. The second-order valence-electron chi connectivity index (χ2n) is 7.24. The fraction of sp³-hybridized carbons (Fsp3) is 0.318. The van der Waals surface area contributed by atoms with Gasteiger partial charge in [-0.1, -0.05) is 12.1 Å². The molecule has 134 valence electrons. The largest absolute Gasteiger partial charge is 0.361 e. The average Bonchev–Trinajstić information content (AvgIpc) is 3.26. The van der Waals surface area contributed by atoms with Crippen LogP contribution in [-0.2, 0) is 6.42 Å². The van der Waals surface area contributed by atoms with E-state index in [4.69, 9.17) is 0 Å². The minimum atomic E-state index is -0.208. The van der Waals surface area contributed by atoms with Crippen LogP contribution < -0.4 is 0 Å². The summed E-state index contributed by atoms with van der Waals surface area (Å²) in [6, 6.07) is 15.0. The van der Waals surface area contributed by atoms with Crippen molar-refractivity contribution in [2.45, 2.75) is 44.7 Å². The Balaban J connectivity index is 1.50. The van der Waals surface area contributed by atoms with Gasteiger partial charge in [-0.05, 0) is 74.6 Å². The molecule has 1 aromatic heterocycles. The number of fused-ring (bicyclic) bond motifs is 1. The van der Waals surface area contributed by atoms with Crippen LogP contribution in [0.5, 0.6) is 0 Å². The van der Waals surface area contributed by atoms with E-state index < -0.39 is 0 Å². The van der Waals surface area contributed by atoms with Crippen LogP contribution in [0.15, 0.2) is 54.7 Å². The lowest BCUT2D eigenvalue weighted by molar-refractivity contribution is 0.0673. The van der Waals surface area contributed by atoms with Crippen molar-refractivity contribution in [3.8, 4) is 0 Å². The SMILES string of the molecule is C[C@@H]1CC[C@H](CCc2ccc(F)cc2)N1C(=O)c1ccc2[nH]ccc2c1. The molecule has 0 aliphatic carbocycles. The fourth-order valence-electron chi connectivity index (χ4n) is 4.04. The minimum Gasteiger partial charge on any atom is -0.361 e. The van der Waals surface area contributed by atoms with E-state index in [1.807, 2.05) is 42.6 Å². The summed E-state index contributed by atoms with van der Waals surface area (Å²) in [6.45, 7) is 2.13. The zero-order valence-corrected chi connectivity index (χ0v) is 14.9. The lowest BCUT2D eigenvalue weighted by Crippen LogP contribution is -2.40. The van der Waals surface area contributed by atoms with Crippen molar-refractivity contribution in [3.05, 3.63) is 71.7 Å². The molecular weight excluding hydrogens is 327 g/mol. The van der Waals surface area contributed by atoms with Crippen LogP contribution in [0.1, 0.15) is 42.1 Å². The summed E-state index contributed by atoms with van der Waals surface area (Å²) in [7, 11) is 0. The van der Waals surface area contributed by atoms with Gasteiger partial charge in [0.25, 0.3) is 5.91 Å². The number of aromatic amines is 1. The quantitative estimate of drug-likeness (QED) is 0.711. The van der Waals surface area contributed by atoms with Gasteiger partial charge in [0.2, 0.25) is 0 Å². The number of hydrogen-bond acceptors (Lipinski definition) is 1. The third-order valence-electron chi connectivity index (χ3n) is 5.50. The Hall–Kier alpha value is -2.62. The van der Waals surface area contributed by atoms with Crippen molar-refractivity contribution < 1.29 is 9.18 Å². The monoisotopic (exact) mass is 350 g/mol. The Bertz CT molecular complexity index is 915. The van der Waals surface area contributed by atoms with E-state index in [9.17, 15) is 9.18 Å². The molecule has 1 fully saturated rings. The Morgan fingerprint density at radius 2 is 1.96 bits per heavy atom. The molecule has 0 spiro atoms. The summed E-state index contributed by atoms with van der Waals surface area (Å²) in [5, 5.41) is 1.06. The van der Waals surface area contributed by atoms with Gasteiger partial charge >= 0.3 is 0 Å². The summed E-state index contributed by atoms with van der Waals surface area (Å²) in [5.74, 6) is -0.0950. The Morgan fingerprint density at radius 1 is 1.15 bits per heavy atom. The summed E-state index contributed by atoms with van der Waals surface area (Å²) < 4.78 is 13.1. The van der Waals surface area contributed by atoms with Crippen LogP contribution in [-0.4, -0.2) is 27.9 Å². The molecule has 2 atom stereocenters. The smallest absolute Gasteiger partial charge is 0.254 e. The van der Waals surface area contributed by atoms with E-state index in [2.05, 4.69) is 16.8 Å². The molecule has 2 aromatic carbocycles. The number of carbonyl (C=O) groups excluding carboxylic acids is 1. The Morgan fingerprint density at radius 3 is 2.77 bits per heavy atom. The van der Waals surface area contributed by atoms with Crippen LogP contribution in [0.25, 0.3) is 10.9 Å². The van der Waals surface area contributed by atoms with Crippen LogP contribution >= 0.6 is 0 Å². The number of aryl methyl sites for hydroxylation is 1. The number of nitrogens with one attached hydrogen (secondary N) is 1. The molecule has 0 radical (unpaired) electrons. The van der Waals surface area contributed by atoms with Crippen LogP contribution in [0.2, 0.25) is 0 Å². The highest BCUT2D eigenvalue weighted by atomic mass is 19.1. The number of aromatic nitrogens is 1. The predicted molar refractivity (Wildman–Crippen MR) is 102 cm³/mol. The van der Waals surface area contributed by atoms with Crippen molar-refractivity contribution in [3.63, 3.8) is 0 Å². The van der Waals surface area contributed by atoms with E-state index in [1.54, 1.807) is 0 Å². The number of likely N-dealkylation sites (tertiary alicyclic amines) is 1. The van der Waals surface area contributed by atoms with Crippen molar-refractivity contribution >= 4 is 16.8 Å². The number of benzene rings is 2. The summed E-state index contributed by atoms with van der Waals surface area (Å²) in [6.07, 6.45) is 5.72. The summed E-state index contributed by atoms with van der Waals surface area (Å²) >= 11 is 0. The highest BCUT2D eigenvalue weighted by Crippen LogP contribution is 2.29. The number of H-pyrrole nitrogens is 1. The first-order chi connectivity index (χ1) is 12.6. The normalized spacial score (nSPS) is 20.0. The minimum absolute atomic E-state index is 0.113. The number of rotatable bonds is 4. The number of nitrogens with zero attached hydrogens (tertiary/aromatic N) is 1. The molecular formula is C22H23FN2O. The molecule has 26 heavy (non-hydrogen) atoms. The maximum absolute atomic E-state index is 13.2. The molecule has 0 unspecified atom stereocenters. The van der Waals surface area contributed by atoms with E-state index in [1.165, 1.54) is 12.1 Å². The number of halogens is 1. The number of carbonyl (C=O) groups is 1. The van der Waals surface area contributed by atoms with Gasteiger partial charge in [-0.3, -0.25) is 4.79 Å². The van der Waals surface area contributed by atoms with E-state index in [-0.39, 0.29) is 23.8 Å². The topological polar surface area (TPSA) is 36.1 Å². The lowest BCUT2D eigenvalue weighted by atomic mass is 10.0. The predicted octanol–water partition coefficient (Wildman–Crippen LogP) is 4.93. The molecule has 0 saturated carbocycles. The molecule has 1 saturated heterocycles. The van der Waals surface area contributed by atoms with Crippen LogP contribution in [0.4, 0.5) is 4.39 Å². The molecule has 4 heteroatoms. The molecule has 1 aliphatic heterocycles. The van der Waals surface area contributed by atoms with Gasteiger partial charge < -0.3 is 9.88 Å². The third-order valence-corrected chi connectivity index (χ3v) is 5.50. The highest BCUT2D eigenvalue weighted by Gasteiger charge is 2.34. The maximum atomic E-state index is 13.2. The molecule has 2 heterocycles. The summed E-state index contributed by atoms with van der Waals surface area (Å²) in [5.41, 5.74) is 2.91. The van der Waals surface area contributed by atoms with E-state index >= 15 is 0 Å². The van der Waals surface area contributed by atoms with E-state index in [0.717, 1.165) is 47.7 Å². The van der Waals surface area contributed by atoms with Gasteiger partial charge in [0.05, 0.1) is 0 Å². The van der Waals surface area contributed by atoms with Gasteiger partial charge in [0.1, 0.15) is 5.82 Å². The van der Waals surface area contributed by atoms with Gasteiger partial charge in [0.15, 0.2) is 0 Å². The Labute approximate surface area is 152 Å². The number of amides is 1. The molecule has 1 N–H and O–H groups in total. The summed E-state index contributed by atoms with van der Waals surface area (Å²) in [4.78, 5) is 18.4. The van der Waals surface area contributed by atoms with Crippen molar-refractivity contribution in [2.24, 2.45) is 0 Å². The van der Waals surface area contributed by atoms with Gasteiger partial charge in [-0.2, -0.15) is 0 Å². The van der Waals surface area contributed by atoms with Gasteiger partial charge in [-0.25, -0.2) is 4.39 Å². The maximum Gasteiger partial charge on any atom is 0.254 e. The van der Waals surface area contributed by atoms with Crippen molar-refractivity contribution in [1.29, 1.82) is 0 Å². The van der Waals surface area contributed by atoms with Crippen LogP contribution in [0, 0.1) is 5.82 Å². The fourth-order valence-corrected chi connectivity index (χ4v) is 4.04. The zero-order valence-electron chi connectivity index (χ0n) is 14.9. The zero-order chi connectivity index (χ0) is 18.1. The van der Waals surface area contributed by atoms with Crippen molar-refractivity contribution in [1.82, 2.24) is 9.88 Å². The van der Waals surface area contributed by atoms with Crippen molar-refractivity contribution in [2.75, 3.05) is 0 Å². The Kier molecular flexibility index (Phi) is 4.49. The van der Waals surface area contributed by atoms with Crippen LogP contribution in [0.3, 0.4) is 0 Å². The first kappa shape index (κ1) is 16.8. The highest BCUT2D eigenvalue weighted by molar-refractivity contribution is 5.98. The molecule has 3 aromatic rings. The molecule has 1 aliphatic rings. The van der Waals surface area contributed by atoms with Gasteiger partial charge in [0, 0.05) is 34.7 Å². The lowest BCUT2D eigenvalue weighted by Gasteiger charge is -2.29. The average molecular weight is 350 g/mol. The second-order valence-corrected chi connectivity index (χ2v) is 7.24.